The minimum absolute atomic E-state index is 0.0435. The molecule has 0 unspecified atom stereocenters. The number of nitrogens with one attached hydrogen (secondary N) is 2. The number of H-pyrrole nitrogens is 1. The molecule has 0 aliphatic heterocycles. The molecule has 1 atom stereocenters. The number of rotatable bonds is 4. The molecule has 0 aliphatic carbocycles. The summed E-state index contributed by atoms with van der Waals surface area (Å²) in [6.45, 7) is 6.50. The van der Waals surface area contributed by atoms with Gasteiger partial charge in [0.05, 0.1) is 11.9 Å². The second-order valence-corrected chi connectivity index (χ2v) is 6.80. The molecule has 0 aliphatic rings. The number of hydrogen-bond donors (Lipinski definition) is 3. The van der Waals surface area contributed by atoms with Crippen LogP contribution in [0.4, 0.5) is 0 Å². The molecule has 0 spiro atoms. The van der Waals surface area contributed by atoms with Crippen LogP contribution < -0.4 is 4.72 Å². The van der Waals surface area contributed by atoms with E-state index in [-0.39, 0.29) is 4.90 Å². The number of sulfonamides is 1. The Morgan fingerprint density at radius 1 is 1.50 bits per heavy atom. The van der Waals surface area contributed by atoms with E-state index < -0.39 is 27.4 Å². The second-order valence-electron chi connectivity index (χ2n) is 5.12. The molecule has 1 heterocycles. The SMILES string of the molecule is Cc1[nH]ncc1S(=O)(=O)N[C@@H](C(=O)O)C(C)(C)C. The van der Waals surface area contributed by atoms with E-state index in [0.29, 0.717) is 5.69 Å². The van der Waals surface area contributed by atoms with Gasteiger partial charge in [-0.05, 0) is 12.3 Å². The Morgan fingerprint density at radius 2 is 2.06 bits per heavy atom. The van der Waals surface area contributed by atoms with Gasteiger partial charge in [0.15, 0.2) is 0 Å². The molecular weight excluding hydrogens is 258 g/mol. The second kappa shape index (κ2) is 4.69. The first kappa shape index (κ1) is 14.7. The fourth-order valence-electron chi connectivity index (χ4n) is 1.43. The lowest BCUT2D eigenvalue weighted by atomic mass is 9.88. The fraction of sp³-hybridized carbons (Fsp3) is 0.600. The molecule has 1 aromatic heterocycles. The summed E-state index contributed by atoms with van der Waals surface area (Å²) in [4.78, 5) is 11.1. The van der Waals surface area contributed by atoms with E-state index in [1.807, 2.05) is 0 Å². The minimum atomic E-state index is -3.90. The zero-order valence-electron chi connectivity index (χ0n) is 10.7. The Hall–Kier alpha value is -1.41. The van der Waals surface area contributed by atoms with Crippen LogP contribution in [0.2, 0.25) is 0 Å². The van der Waals surface area contributed by atoms with Crippen molar-refractivity contribution in [1.29, 1.82) is 0 Å². The van der Waals surface area contributed by atoms with Gasteiger partial charge in [-0.15, -0.1) is 0 Å². The van der Waals surface area contributed by atoms with Gasteiger partial charge in [0.25, 0.3) is 0 Å². The third-order valence-corrected chi connectivity index (χ3v) is 4.00. The van der Waals surface area contributed by atoms with Crippen LogP contribution in [-0.2, 0) is 14.8 Å². The Balaban J connectivity index is 3.09. The zero-order chi connectivity index (χ0) is 14.1. The number of aliphatic carboxylic acids is 1. The molecule has 18 heavy (non-hydrogen) atoms. The maximum absolute atomic E-state index is 12.0. The van der Waals surface area contributed by atoms with Crippen molar-refractivity contribution < 1.29 is 18.3 Å². The van der Waals surface area contributed by atoms with Gasteiger partial charge in [-0.2, -0.15) is 9.82 Å². The van der Waals surface area contributed by atoms with Crippen molar-refractivity contribution in [3.8, 4) is 0 Å². The largest absolute Gasteiger partial charge is 0.480 e. The summed E-state index contributed by atoms with van der Waals surface area (Å²) in [6.07, 6.45) is 1.15. The summed E-state index contributed by atoms with van der Waals surface area (Å²) in [5.74, 6) is -1.22. The number of carboxylic acids is 1. The lowest BCUT2D eigenvalue weighted by Crippen LogP contribution is -2.49. The highest BCUT2D eigenvalue weighted by Gasteiger charge is 2.36. The standard InChI is InChI=1S/C10H17N3O4S/c1-6-7(5-11-12-6)18(16,17)13-8(9(14)15)10(2,3)4/h5,8,13H,1-4H3,(H,11,12)(H,14,15)/t8-/m0/s1. The molecule has 0 fully saturated rings. The highest BCUT2D eigenvalue weighted by Crippen LogP contribution is 2.22. The van der Waals surface area contributed by atoms with Crippen molar-refractivity contribution in [3.63, 3.8) is 0 Å². The minimum Gasteiger partial charge on any atom is -0.480 e. The van der Waals surface area contributed by atoms with E-state index in [1.165, 1.54) is 0 Å². The van der Waals surface area contributed by atoms with Crippen molar-refractivity contribution in [2.45, 2.75) is 38.6 Å². The Bertz CT molecular complexity index is 542. The average Bonchev–Trinajstić information content (AvgIpc) is 2.59. The summed E-state index contributed by atoms with van der Waals surface area (Å²) >= 11 is 0. The maximum atomic E-state index is 12.0. The van der Waals surface area contributed by atoms with Crippen molar-refractivity contribution in [3.05, 3.63) is 11.9 Å². The van der Waals surface area contributed by atoms with E-state index in [1.54, 1.807) is 27.7 Å². The summed E-state index contributed by atoms with van der Waals surface area (Å²) < 4.78 is 26.3. The van der Waals surface area contributed by atoms with Crippen LogP contribution in [0, 0.1) is 12.3 Å². The van der Waals surface area contributed by atoms with Gasteiger partial charge in [-0.3, -0.25) is 9.89 Å². The van der Waals surface area contributed by atoms with Crippen molar-refractivity contribution in [1.82, 2.24) is 14.9 Å². The normalized spacial score (nSPS) is 14.4. The number of aromatic nitrogens is 2. The summed E-state index contributed by atoms with van der Waals surface area (Å²) in [6, 6.07) is -1.21. The molecule has 0 bridgehead atoms. The first-order chi connectivity index (χ1) is 8.05. The van der Waals surface area contributed by atoms with E-state index in [4.69, 9.17) is 5.11 Å². The third-order valence-electron chi connectivity index (χ3n) is 2.46. The highest BCUT2D eigenvalue weighted by atomic mass is 32.2. The molecule has 0 radical (unpaired) electrons. The number of hydrogen-bond acceptors (Lipinski definition) is 4. The van der Waals surface area contributed by atoms with Crippen molar-refractivity contribution in [2.75, 3.05) is 0 Å². The Labute approximate surface area is 106 Å². The van der Waals surface area contributed by atoms with E-state index >= 15 is 0 Å². The van der Waals surface area contributed by atoms with Crippen LogP contribution in [-0.4, -0.2) is 35.7 Å². The van der Waals surface area contributed by atoms with Crippen LogP contribution in [0.1, 0.15) is 26.5 Å². The van der Waals surface area contributed by atoms with E-state index in [9.17, 15) is 13.2 Å². The Morgan fingerprint density at radius 3 is 2.39 bits per heavy atom. The van der Waals surface area contributed by atoms with Crippen LogP contribution in [0.5, 0.6) is 0 Å². The Kier molecular flexibility index (Phi) is 3.82. The quantitative estimate of drug-likeness (QED) is 0.740. The van der Waals surface area contributed by atoms with Gasteiger partial charge >= 0.3 is 5.97 Å². The van der Waals surface area contributed by atoms with E-state index in [0.717, 1.165) is 6.20 Å². The zero-order valence-corrected chi connectivity index (χ0v) is 11.5. The lowest BCUT2D eigenvalue weighted by Gasteiger charge is -2.27. The van der Waals surface area contributed by atoms with Gasteiger partial charge < -0.3 is 5.11 Å². The highest BCUT2D eigenvalue weighted by molar-refractivity contribution is 7.89. The van der Waals surface area contributed by atoms with Gasteiger partial charge in [-0.1, -0.05) is 20.8 Å². The van der Waals surface area contributed by atoms with Crippen molar-refractivity contribution >= 4 is 16.0 Å². The first-order valence-corrected chi connectivity index (χ1v) is 6.79. The predicted molar refractivity (Wildman–Crippen MR) is 64.5 cm³/mol. The molecular formula is C10H17N3O4S. The molecule has 0 saturated heterocycles. The average molecular weight is 275 g/mol. The van der Waals surface area contributed by atoms with Gasteiger partial charge in [0.1, 0.15) is 10.9 Å². The van der Waals surface area contributed by atoms with Gasteiger partial charge in [-0.25, -0.2) is 8.42 Å². The van der Waals surface area contributed by atoms with Crippen LogP contribution in [0.15, 0.2) is 11.1 Å². The number of aryl methyl sites for hydroxylation is 1. The smallest absolute Gasteiger partial charge is 0.322 e. The summed E-state index contributed by atoms with van der Waals surface area (Å²) in [5.41, 5.74) is -0.378. The van der Waals surface area contributed by atoms with Gasteiger partial charge in [0.2, 0.25) is 10.0 Å². The molecule has 0 aromatic carbocycles. The van der Waals surface area contributed by atoms with E-state index in [2.05, 4.69) is 14.9 Å². The number of carbonyl (C=O) groups is 1. The molecule has 7 nitrogen and oxygen atoms in total. The molecule has 8 heteroatoms. The topological polar surface area (TPSA) is 112 Å². The van der Waals surface area contributed by atoms with Crippen LogP contribution in [0.3, 0.4) is 0 Å². The lowest BCUT2D eigenvalue weighted by molar-refractivity contribution is -0.141. The molecule has 102 valence electrons. The maximum Gasteiger partial charge on any atom is 0.322 e. The molecule has 1 rings (SSSR count). The molecule has 1 aromatic rings. The predicted octanol–water partition coefficient (Wildman–Crippen LogP) is 0.496. The van der Waals surface area contributed by atoms with Gasteiger partial charge in [0, 0.05) is 0 Å². The monoisotopic (exact) mass is 275 g/mol. The summed E-state index contributed by atoms with van der Waals surface area (Å²) in [5, 5.41) is 15.2. The number of carboxylic acid groups (broad SMARTS) is 1. The van der Waals surface area contributed by atoms with Crippen molar-refractivity contribution in [2.24, 2.45) is 5.41 Å². The van der Waals surface area contributed by atoms with Crippen LogP contribution >= 0.6 is 0 Å². The fourth-order valence-corrected chi connectivity index (χ4v) is 2.96. The number of nitrogens with zero attached hydrogens (tertiary/aromatic N) is 1. The molecule has 3 N–H and O–H groups in total. The summed E-state index contributed by atoms with van der Waals surface area (Å²) in [7, 11) is -3.90. The van der Waals surface area contributed by atoms with Crippen LogP contribution in [0.25, 0.3) is 0 Å². The molecule has 0 saturated carbocycles. The third kappa shape index (κ3) is 3.08. The number of aromatic amines is 1. The first-order valence-electron chi connectivity index (χ1n) is 5.31. The molecule has 0 amide bonds.